The number of halogens is 1. The molecule has 3 nitrogen and oxygen atoms in total. The molecular formula is C10H14FNO2. The van der Waals surface area contributed by atoms with Gasteiger partial charge in [-0.1, -0.05) is 6.07 Å². The molecule has 0 aliphatic carbocycles. The quantitative estimate of drug-likeness (QED) is 0.798. The monoisotopic (exact) mass is 199 g/mol. The fraction of sp³-hybridized carbons (Fsp3) is 0.400. The first-order chi connectivity index (χ1) is 6.70. The lowest BCUT2D eigenvalue weighted by Crippen LogP contribution is -2.18. The second-order valence-corrected chi connectivity index (χ2v) is 2.92. The van der Waals surface area contributed by atoms with Crippen molar-refractivity contribution in [3.63, 3.8) is 0 Å². The highest BCUT2D eigenvalue weighted by Gasteiger charge is 2.16. The number of nitrogens with two attached hydrogens (primary N) is 1. The zero-order chi connectivity index (χ0) is 10.6. The van der Waals surface area contributed by atoms with Crippen LogP contribution >= 0.6 is 0 Å². The molecule has 0 saturated carbocycles. The summed E-state index contributed by atoms with van der Waals surface area (Å²) in [5, 5.41) is 0. The Hall–Kier alpha value is -1.13. The van der Waals surface area contributed by atoms with Crippen molar-refractivity contribution in [2.24, 2.45) is 5.73 Å². The molecule has 1 aromatic rings. The van der Waals surface area contributed by atoms with Gasteiger partial charge in [-0.05, 0) is 12.1 Å². The van der Waals surface area contributed by atoms with Crippen molar-refractivity contribution in [3.05, 3.63) is 29.6 Å². The lowest BCUT2D eigenvalue weighted by molar-refractivity contribution is 0.178. The molecule has 0 bridgehead atoms. The molecule has 1 atom stereocenters. The summed E-state index contributed by atoms with van der Waals surface area (Å²) >= 11 is 0. The molecule has 0 spiro atoms. The van der Waals surface area contributed by atoms with Gasteiger partial charge in [0.1, 0.15) is 11.6 Å². The highest BCUT2D eigenvalue weighted by Crippen LogP contribution is 2.26. The van der Waals surface area contributed by atoms with Crippen LogP contribution in [0.25, 0.3) is 0 Å². The molecule has 0 amide bonds. The van der Waals surface area contributed by atoms with E-state index in [2.05, 4.69) is 0 Å². The third-order valence-corrected chi connectivity index (χ3v) is 1.95. The van der Waals surface area contributed by atoms with Crippen LogP contribution in [0.15, 0.2) is 18.2 Å². The van der Waals surface area contributed by atoms with Gasteiger partial charge in [0, 0.05) is 12.7 Å². The topological polar surface area (TPSA) is 44.5 Å². The zero-order valence-electron chi connectivity index (χ0n) is 8.29. The maximum atomic E-state index is 13.4. The number of rotatable bonds is 4. The molecule has 0 fully saturated rings. The van der Waals surface area contributed by atoms with Gasteiger partial charge in [0.25, 0.3) is 0 Å². The maximum absolute atomic E-state index is 13.4. The molecule has 4 heteroatoms. The van der Waals surface area contributed by atoms with E-state index in [0.29, 0.717) is 11.3 Å². The fourth-order valence-electron chi connectivity index (χ4n) is 1.32. The van der Waals surface area contributed by atoms with Crippen molar-refractivity contribution in [2.75, 3.05) is 20.8 Å². The van der Waals surface area contributed by atoms with Crippen LogP contribution in [0.2, 0.25) is 0 Å². The van der Waals surface area contributed by atoms with E-state index in [9.17, 15) is 4.39 Å². The minimum Gasteiger partial charge on any atom is -0.496 e. The largest absolute Gasteiger partial charge is 0.496 e. The standard InChI is InChI=1S/C10H14FNO2/c1-13-6-8(12)10-7(11)4-3-5-9(10)14-2/h3-5,8H,6,12H2,1-2H3/t8-/m0/s1. The van der Waals surface area contributed by atoms with Gasteiger partial charge >= 0.3 is 0 Å². The molecule has 0 unspecified atom stereocenters. The highest BCUT2D eigenvalue weighted by atomic mass is 19.1. The molecule has 1 rings (SSSR count). The van der Waals surface area contributed by atoms with Crippen LogP contribution in [0.3, 0.4) is 0 Å². The average Bonchev–Trinajstić information content (AvgIpc) is 2.17. The lowest BCUT2D eigenvalue weighted by atomic mass is 10.1. The van der Waals surface area contributed by atoms with Crippen molar-refractivity contribution in [2.45, 2.75) is 6.04 Å². The number of hydrogen-bond donors (Lipinski definition) is 1. The molecule has 0 saturated heterocycles. The van der Waals surface area contributed by atoms with Crippen LogP contribution in [0, 0.1) is 5.82 Å². The Balaban J connectivity index is 3.03. The zero-order valence-corrected chi connectivity index (χ0v) is 8.29. The van der Waals surface area contributed by atoms with E-state index in [4.69, 9.17) is 15.2 Å². The summed E-state index contributed by atoms with van der Waals surface area (Å²) in [6, 6.07) is 4.11. The summed E-state index contributed by atoms with van der Waals surface area (Å²) in [5.74, 6) is 0.0865. The van der Waals surface area contributed by atoms with Crippen molar-refractivity contribution in [3.8, 4) is 5.75 Å². The fourth-order valence-corrected chi connectivity index (χ4v) is 1.32. The molecule has 78 valence electrons. The van der Waals surface area contributed by atoms with Crippen molar-refractivity contribution in [1.82, 2.24) is 0 Å². The van der Waals surface area contributed by atoms with Gasteiger partial charge in [0.15, 0.2) is 0 Å². The molecular weight excluding hydrogens is 185 g/mol. The molecule has 0 radical (unpaired) electrons. The molecule has 1 aromatic carbocycles. The van der Waals surface area contributed by atoms with E-state index in [0.717, 1.165) is 0 Å². The first-order valence-electron chi connectivity index (χ1n) is 4.27. The summed E-state index contributed by atoms with van der Waals surface area (Å²) in [7, 11) is 3.00. The summed E-state index contributed by atoms with van der Waals surface area (Å²) in [6.45, 7) is 0.261. The van der Waals surface area contributed by atoms with E-state index in [-0.39, 0.29) is 12.4 Å². The number of methoxy groups -OCH3 is 2. The van der Waals surface area contributed by atoms with E-state index in [1.165, 1.54) is 20.3 Å². The Bertz CT molecular complexity index is 304. The number of hydrogen-bond acceptors (Lipinski definition) is 3. The Kier molecular flexibility index (Phi) is 3.85. The SMILES string of the molecule is COC[C@H](N)c1c(F)cccc1OC. The maximum Gasteiger partial charge on any atom is 0.131 e. The minimum atomic E-state index is -0.504. The normalized spacial score (nSPS) is 12.6. The second-order valence-electron chi connectivity index (χ2n) is 2.92. The predicted molar refractivity (Wildman–Crippen MR) is 51.8 cm³/mol. The van der Waals surface area contributed by atoms with E-state index in [1.807, 2.05) is 0 Å². The van der Waals surface area contributed by atoms with Gasteiger partial charge in [-0.3, -0.25) is 0 Å². The second kappa shape index (κ2) is 4.93. The van der Waals surface area contributed by atoms with Gasteiger partial charge in [0.2, 0.25) is 0 Å². The van der Waals surface area contributed by atoms with Gasteiger partial charge in [-0.2, -0.15) is 0 Å². The Labute approximate surface area is 82.6 Å². The van der Waals surface area contributed by atoms with Crippen LogP contribution in [0.5, 0.6) is 5.75 Å². The highest BCUT2D eigenvalue weighted by molar-refractivity contribution is 5.37. The third-order valence-electron chi connectivity index (χ3n) is 1.95. The molecule has 0 aliphatic heterocycles. The average molecular weight is 199 g/mol. The Morgan fingerprint density at radius 3 is 2.71 bits per heavy atom. The predicted octanol–water partition coefficient (Wildman–Crippen LogP) is 1.48. The Morgan fingerprint density at radius 1 is 1.43 bits per heavy atom. The first-order valence-corrected chi connectivity index (χ1v) is 4.27. The third kappa shape index (κ3) is 2.21. The van der Waals surface area contributed by atoms with Gasteiger partial charge in [0.05, 0.1) is 19.8 Å². The summed E-state index contributed by atoms with van der Waals surface area (Å²) < 4.78 is 23.3. The van der Waals surface area contributed by atoms with Crippen LogP contribution < -0.4 is 10.5 Å². The van der Waals surface area contributed by atoms with Crippen molar-refractivity contribution in [1.29, 1.82) is 0 Å². The van der Waals surface area contributed by atoms with E-state index in [1.54, 1.807) is 12.1 Å². The van der Waals surface area contributed by atoms with E-state index >= 15 is 0 Å². The van der Waals surface area contributed by atoms with Crippen LogP contribution in [-0.2, 0) is 4.74 Å². The smallest absolute Gasteiger partial charge is 0.131 e. The summed E-state index contributed by atoms with van der Waals surface area (Å²) in [6.07, 6.45) is 0. The van der Waals surface area contributed by atoms with Crippen molar-refractivity contribution >= 4 is 0 Å². The lowest BCUT2D eigenvalue weighted by Gasteiger charge is -2.15. The van der Waals surface area contributed by atoms with Crippen molar-refractivity contribution < 1.29 is 13.9 Å². The first kappa shape index (κ1) is 10.9. The van der Waals surface area contributed by atoms with Crippen LogP contribution in [0.1, 0.15) is 11.6 Å². The number of ether oxygens (including phenoxy) is 2. The molecule has 0 aliphatic rings. The Morgan fingerprint density at radius 2 is 2.14 bits per heavy atom. The molecule has 0 aromatic heterocycles. The summed E-state index contributed by atoms with van der Waals surface area (Å²) in [4.78, 5) is 0. The number of benzene rings is 1. The summed E-state index contributed by atoms with van der Waals surface area (Å²) in [5.41, 5.74) is 6.10. The molecule has 0 heterocycles. The van der Waals surface area contributed by atoms with Gasteiger partial charge < -0.3 is 15.2 Å². The minimum absolute atomic E-state index is 0.261. The molecule has 2 N–H and O–H groups in total. The van der Waals surface area contributed by atoms with Gasteiger partial charge in [-0.25, -0.2) is 4.39 Å². The molecule has 14 heavy (non-hydrogen) atoms. The van der Waals surface area contributed by atoms with E-state index < -0.39 is 6.04 Å². The van der Waals surface area contributed by atoms with Crippen LogP contribution in [0.4, 0.5) is 4.39 Å². The van der Waals surface area contributed by atoms with Gasteiger partial charge in [-0.15, -0.1) is 0 Å². The van der Waals surface area contributed by atoms with Crippen LogP contribution in [-0.4, -0.2) is 20.8 Å².